The fraction of sp³-hybridized carbons (Fsp3) is 0.462. The molecule has 1 heterocycles. The Morgan fingerprint density at radius 3 is 2.72 bits per heavy atom. The highest BCUT2D eigenvalue weighted by atomic mass is 127. The number of piperidine rings is 1. The second-order valence-corrected chi connectivity index (χ2v) is 6.63. The first-order valence-electron chi connectivity index (χ1n) is 6.03. The van der Waals surface area contributed by atoms with Crippen LogP contribution in [0.4, 0.5) is 5.69 Å². The average molecular weight is 423 g/mol. The number of anilines is 1. The Bertz CT molecular complexity index is 445. The Morgan fingerprint density at radius 1 is 1.44 bits per heavy atom. The summed E-state index contributed by atoms with van der Waals surface area (Å²) in [6.07, 6.45) is 2.03. The zero-order valence-corrected chi connectivity index (χ0v) is 14.0. The fourth-order valence-electron chi connectivity index (χ4n) is 2.17. The highest BCUT2D eigenvalue weighted by Gasteiger charge is 2.20. The number of carbonyl (C=O) groups excluding carboxylic acids is 1. The molecular formula is C13H16BrIN2O. The summed E-state index contributed by atoms with van der Waals surface area (Å²) in [5.74, 6) is 0.186. The van der Waals surface area contributed by atoms with Crippen molar-refractivity contribution >= 4 is 50.1 Å². The summed E-state index contributed by atoms with van der Waals surface area (Å²) in [7, 11) is 0. The van der Waals surface area contributed by atoms with Crippen molar-refractivity contribution in [3.63, 3.8) is 0 Å². The van der Waals surface area contributed by atoms with Crippen molar-refractivity contribution in [2.75, 3.05) is 18.4 Å². The quantitative estimate of drug-likeness (QED) is 0.740. The van der Waals surface area contributed by atoms with Crippen molar-refractivity contribution in [1.29, 1.82) is 0 Å². The minimum Gasteiger partial charge on any atom is -0.381 e. The summed E-state index contributed by atoms with van der Waals surface area (Å²) < 4.78 is 2.32. The lowest BCUT2D eigenvalue weighted by atomic mass is 10.0. The molecule has 0 atom stereocenters. The van der Waals surface area contributed by atoms with E-state index in [0.29, 0.717) is 6.04 Å². The third-order valence-electron chi connectivity index (χ3n) is 3.23. The molecule has 0 saturated carbocycles. The molecule has 5 heteroatoms. The molecule has 1 saturated heterocycles. The first-order chi connectivity index (χ1) is 8.56. The van der Waals surface area contributed by atoms with Crippen molar-refractivity contribution in [2.24, 2.45) is 0 Å². The van der Waals surface area contributed by atoms with Crippen LogP contribution in [0.5, 0.6) is 0 Å². The summed E-state index contributed by atoms with van der Waals surface area (Å²) >= 11 is 5.83. The summed E-state index contributed by atoms with van der Waals surface area (Å²) in [6, 6.07) is 6.71. The standard InChI is InChI=1S/C13H16BrIN2O/c1-9(18)17-6-4-11(5-7-17)16-13-8-10(14)2-3-12(13)15/h2-3,8,11,16H,4-7H2,1H3. The van der Waals surface area contributed by atoms with Gasteiger partial charge in [0.2, 0.25) is 5.91 Å². The van der Waals surface area contributed by atoms with Crippen LogP contribution >= 0.6 is 38.5 Å². The summed E-state index contributed by atoms with van der Waals surface area (Å²) in [4.78, 5) is 13.2. The predicted octanol–water partition coefficient (Wildman–Crippen LogP) is 3.48. The SMILES string of the molecule is CC(=O)N1CCC(Nc2cc(Br)ccc2I)CC1. The lowest BCUT2D eigenvalue weighted by Gasteiger charge is -2.32. The normalized spacial score (nSPS) is 16.7. The molecule has 1 fully saturated rings. The van der Waals surface area contributed by atoms with Crippen LogP contribution in [0.25, 0.3) is 0 Å². The van der Waals surface area contributed by atoms with Crippen LogP contribution < -0.4 is 5.32 Å². The highest BCUT2D eigenvalue weighted by Crippen LogP contribution is 2.25. The number of likely N-dealkylation sites (tertiary alicyclic amines) is 1. The molecule has 0 unspecified atom stereocenters. The molecule has 3 nitrogen and oxygen atoms in total. The van der Waals surface area contributed by atoms with Gasteiger partial charge in [-0.15, -0.1) is 0 Å². The van der Waals surface area contributed by atoms with Crippen LogP contribution in [-0.2, 0) is 4.79 Å². The van der Waals surface area contributed by atoms with Gasteiger partial charge in [0.05, 0.1) is 0 Å². The van der Waals surface area contributed by atoms with Crippen LogP contribution in [0, 0.1) is 3.57 Å². The van der Waals surface area contributed by atoms with Gasteiger partial charge in [-0.1, -0.05) is 15.9 Å². The van der Waals surface area contributed by atoms with Crippen LogP contribution in [0.2, 0.25) is 0 Å². The number of hydrogen-bond donors (Lipinski definition) is 1. The van der Waals surface area contributed by atoms with Gasteiger partial charge in [0.25, 0.3) is 0 Å². The second-order valence-electron chi connectivity index (χ2n) is 4.55. The smallest absolute Gasteiger partial charge is 0.219 e. The summed E-state index contributed by atoms with van der Waals surface area (Å²) in [6.45, 7) is 3.36. The number of nitrogens with zero attached hydrogens (tertiary/aromatic N) is 1. The fourth-order valence-corrected chi connectivity index (χ4v) is 3.02. The molecule has 0 aliphatic carbocycles. The van der Waals surface area contributed by atoms with Crippen LogP contribution in [0.3, 0.4) is 0 Å². The highest BCUT2D eigenvalue weighted by molar-refractivity contribution is 14.1. The Kier molecular flexibility index (Phi) is 4.89. The van der Waals surface area contributed by atoms with Gasteiger partial charge in [-0.05, 0) is 53.6 Å². The summed E-state index contributed by atoms with van der Waals surface area (Å²) in [5, 5.41) is 3.57. The number of benzene rings is 1. The number of carbonyl (C=O) groups is 1. The number of halogens is 2. The van der Waals surface area contributed by atoms with Gasteiger partial charge in [0, 0.05) is 39.8 Å². The molecule has 1 amide bonds. The summed E-state index contributed by atoms with van der Waals surface area (Å²) in [5.41, 5.74) is 1.17. The lowest BCUT2D eigenvalue weighted by molar-refractivity contribution is -0.129. The van der Waals surface area contributed by atoms with E-state index in [4.69, 9.17) is 0 Å². The molecule has 2 rings (SSSR count). The number of nitrogens with one attached hydrogen (secondary N) is 1. The Hall–Kier alpha value is -0.300. The first-order valence-corrected chi connectivity index (χ1v) is 7.90. The molecule has 1 aliphatic heterocycles. The van der Waals surface area contributed by atoms with Crippen molar-refractivity contribution < 1.29 is 4.79 Å². The number of amides is 1. The van der Waals surface area contributed by atoms with Gasteiger partial charge in [0.15, 0.2) is 0 Å². The van der Waals surface area contributed by atoms with E-state index in [-0.39, 0.29) is 5.91 Å². The zero-order valence-electron chi connectivity index (χ0n) is 10.2. The van der Waals surface area contributed by atoms with Gasteiger partial charge in [-0.25, -0.2) is 0 Å². The lowest BCUT2D eigenvalue weighted by Crippen LogP contribution is -2.41. The number of rotatable bonds is 2. The minimum absolute atomic E-state index is 0.186. The van der Waals surface area contributed by atoms with E-state index in [0.717, 1.165) is 30.4 Å². The van der Waals surface area contributed by atoms with Gasteiger partial charge in [0.1, 0.15) is 0 Å². The molecule has 1 aliphatic rings. The Labute approximate surface area is 130 Å². The van der Waals surface area contributed by atoms with E-state index < -0.39 is 0 Å². The molecule has 98 valence electrons. The molecule has 1 aromatic carbocycles. The topological polar surface area (TPSA) is 32.3 Å². The molecule has 0 radical (unpaired) electrons. The second kappa shape index (κ2) is 6.23. The van der Waals surface area contributed by atoms with E-state index in [1.807, 2.05) is 11.0 Å². The van der Waals surface area contributed by atoms with Crippen molar-refractivity contribution in [1.82, 2.24) is 4.90 Å². The third kappa shape index (κ3) is 3.60. The number of hydrogen-bond acceptors (Lipinski definition) is 2. The van der Waals surface area contributed by atoms with E-state index in [1.54, 1.807) is 6.92 Å². The van der Waals surface area contributed by atoms with Crippen LogP contribution in [-0.4, -0.2) is 29.9 Å². The molecule has 0 bridgehead atoms. The average Bonchev–Trinajstić information content (AvgIpc) is 2.34. The van der Waals surface area contributed by atoms with Crippen LogP contribution in [0.15, 0.2) is 22.7 Å². The predicted molar refractivity (Wildman–Crippen MR) is 85.8 cm³/mol. The molecule has 1 aromatic rings. The van der Waals surface area contributed by atoms with Gasteiger partial charge >= 0.3 is 0 Å². The molecule has 0 spiro atoms. The first kappa shape index (κ1) is 14.1. The monoisotopic (exact) mass is 422 g/mol. The van der Waals surface area contributed by atoms with E-state index in [2.05, 4.69) is 56.0 Å². The van der Waals surface area contributed by atoms with Crippen molar-refractivity contribution in [2.45, 2.75) is 25.8 Å². The van der Waals surface area contributed by atoms with Crippen LogP contribution in [0.1, 0.15) is 19.8 Å². The Balaban J connectivity index is 1.95. The van der Waals surface area contributed by atoms with Gasteiger partial charge < -0.3 is 10.2 Å². The maximum absolute atomic E-state index is 11.3. The van der Waals surface area contributed by atoms with E-state index in [9.17, 15) is 4.79 Å². The van der Waals surface area contributed by atoms with E-state index >= 15 is 0 Å². The molecular weight excluding hydrogens is 407 g/mol. The van der Waals surface area contributed by atoms with Crippen molar-refractivity contribution in [3.8, 4) is 0 Å². The van der Waals surface area contributed by atoms with Crippen molar-refractivity contribution in [3.05, 3.63) is 26.2 Å². The molecule has 1 N–H and O–H groups in total. The molecule has 0 aromatic heterocycles. The van der Waals surface area contributed by atoms with Gasteiger partial charge in [-0.3, -0.25) is 4.79 Å². The minimum atomic E-state index is 0.186. The maximum atomic E-state index is 11.3. The zero-order chi connectivity index (χ0) is 13.1. The Morgan fingerprint density at radius 2 is 2.11 bits per heavy atom. The third-order valence-corrected chi connectivity index (χ3v) is 4.66. The van der Waals surface area contributed by atoms with E-state index in [1.165, 1.54) is 9.26 Å². The largest absolute Gasteiger partial charge is 0.381 e. The molecule has 18 heavy (non-hydrogen) atoms. The maximum Gasteiger partial charge on any atom is 0.219 e. The van der Waals surface area contributed by atoms with Gasteiger partial charge in [-0.2, -0.15) is 0 Å².